The van der Waals surface area contributed by atoms with Gasteiger partial charge in [-0.2, -0.15) is 5.26 Å². The van der Waals surface area contributed by atoms with E-state index in [1.165, 1.54) is 6.92 Å². The molecule has 1 atom stereocenters. The summed E-state index contributed by atoms with van der Waals surface area (Å²) in [4.78, 5) is 23.5. The second-order valence-electron chi connectivity index (χ2n) is 5.56. The van der Waals surface area contributed by atoms with E-state index in [-0.39, 0.29) is 0 Å². The standard InChI is InChI=1S/C15H19N3O3/c1-10(13(19)17-14(20)18-15(2,3)4)21-12-8-6-5-7-11(12)9-16/h5-8,10H,1-4H3,(H2,17,18,19,20)/t10-/m0/s1. The molecule has 1 aromatic carbocycles. The summed E-state index contributed by atoms with van der Waals surface area (Å²) in [6, 6.07) is 7.98. The van der Waals surface area contributed by atoms with Crippen molar-refractivity contribution in [3.63, 3.8) is 0 Å². The first-order valence-electron chi connectivity index (χ1n) is 6.52. The highest BCUT2D eigenvalue weighted by Gasteiger charge is 2.21. The molecule has 21 heavy (non-hydrogen) atoms. The van der Waals surface area contributed by atoms with Gasteiger partial charge in [0.05, 0.1) is 5.56 Å². The molecule has 0 aliphatic rings. The molecule has 6 heteroatoms. The van der Waals surface area contributed by atoms with Gasteiger partial charge in [-0.3, -0.25) is 10.1 Å². The van der Waals surface area contributed by atoms with Crippen molar-refractivity contribution in [1.29, 1.82) is 5.26 Å². The van der Waals surface area contributed by atoms with Crippen molar-refractivity contribution in [2.45, 2.75) is 39.3 Å². The Morgan fingerprint density at radius 1 is 1.29 bits per heavy atom. The summed E-state index contributed by atoms with van der Waals surface area (Å²) >= 11 is 0. The predicted octanol–water partition coefficient (Wildman–Crippen LogP) is 1.95. The summed E-state index contributed by atoms with van der Waals surface area (Å²) < 4.78 is 5.41. The number of ether oxygens (including phenoxy) is 1. The van der Waals surface area contributed by atoms with Crippen LogP contribution in [0.1, 0.15) is 33.3 Å². The normalized spacial score (nSPS) is 12.0. The van der Waals surface area contributed by atoms with Gasteiger partial charge in [0.1, 0.15) is 11.8 Å². The summed E-state index contributed by atoms with van der Waals surface area (Å²) in [6.07, 6.45) is -0.898. The number of hydrogen-bond acceptors (Lipinski definition) is 4. The SMILES string of the molecule is C[C@H](Oc1ccccc1C#N)C(=O)NC(=O)NC(C)(C)C. The van der Waals surface area contributed by atoms with E-state index in [9.17, 15) is 9.59 Å². The smallest absolute Gasteiger partial charge is 0.321 e. The van der Waals surface area contributed by atoms with Crippen LogP contribution < -0.4 is 15.4 Å². The minimum atomic E-state index is -0.898. The monoisotopic (exact) mass is 289 g/mol. The lowest BCUT2D eigenvalue weighted by Gasteiger charge is -2.21. The van der Waals surface area contributed by atoms with Crippen LogP contribution in [0.2, 0.25) is 0 Å². The molecular weight excluding hydrogens is 270 g/mol. The Bertz CT molecular complexity index is 570. The molecule has 0 aliphatic carbocycles. The van der Waals surface area contributed by atoms with Crippen LogP contribution in [0.3, 0.4) is 0 Å². The molecule has 1 aromatic rings. The van der Waals surface area contributed by atoms with Crippen molar-refractivity contribution in [2.24, 2.45) is 0 Å². The number of rotatable bonds is 3. The molecule has 112 valence electrons. The number of nitriles is 1. The van der Waals surface area contributed by atoms with Crippen molar-refractivity contribution in [3.8, 4) is 11.8 Å². The summed E-state index contributed by atoms with van der Waals surface area (Å²) in [5, 5.41) is 13.8. The van der Waals surface area contributed by atoms with Gasteiger partial charge in [0.15, 0.2) is 6.10 Å². The van der Waals surface area contributed by atoms with E-state index in [2.05, 4.69) is 10.6 Å². The number of urea groups is 1. The van der Waals surface area contributed by atoms with Crippen LogP contribution in [-0.4, -0.2) is 23.6 Å². The topological polar surface area (TPSA) is 91.2 Å². The zero-order valence-electron chi connectivity index (χ0n) is 12.6. The average Bonchev–Trinajstić information content (AvgIpc) is 2.36. The molecule has 0 aromatic heterocycles. The number of carbonyl (C=O) groups is 2. The summed E-state index contributed by atoms with van der Waals surface area (Å²) in [5.41, 5.74) is -0.113. The van der Waals surface area contributed by atoms with E-state index in [1.807, 2.05) is 6.07 Å². The molecule has 6 nitrogen and oxygen atoms in total. The van der Waals surface area contributed by atoms with Gasteiger partial charge in [-0.25, -0.2) is 4.79 Å². The molecule has 3 amide bonds. The molecule has 0 heterocycles. The molecule has 0 saturated carbocycles. The Kier molecular flexibility index (Phi) is 5.30. The number of carbonyl (C=O) groups excluding carboxylic acids is 2. The number of amides is 3. The van der Waals surface area contributed by atoms with E-state index in [4.69, 9.17) is 10.00 Å². The summed E-state index contributed by atoms with van der Waals surface area (Å²) in [7, 11) is 0. The number of nitrogens with one attached hydrogen (secondary N) is 2. The van der Waals surface area contributed by atoms with Gasteiger partial charge in [0.25, 0.3) is 5.91 Å². The van der Waals surface area contributed by atoms with Gasteiger partial charge >= 0.3 is 6.03 Å². The van der Waals surface area contributed by atoms with Gasteiger partial charge in [-0.05, 0) is 39.8 Å². The quantitative estimate of drug-likeness (QED) is 0.889. The molecule has 0 unspecified atom stereocenters. The maximum Gasteiger partial charge on any atom is 0.321 e. The second kappa shape index (κ2) is 6.75. The van der Waals surface area contributed by atoms with Crippen molar-refractivity contribution in [1.82, 2.24) is 10.6 Å². The number of para-hydroxylation sites is 1. The lowest BCUT2D eigenvalue weighted by atomic mass is 10.1. The van der Waals surface area contributed by atoms with E-state index in [1.54, 1.807) is 45.0 Å². The number of nitrogens with zero attached hydrogens (tertiary/aromatic N) is 1. The van der Waals surface area contributed by atoms with Gasteiger partial charge in [-0.15, -0.1) is 0 Å². The fraction of sp³-hybridized carbons (Fsp3) is 0.400. The minimum absolute atomic E-state index is 0.305. The van der Waals surface area contributed by atoms with Crippen molar-refractivity contribution in [3.05, 3.63) is 29.8 Å². The third-order valence-electron chi connectivity index (χ3n) is 2.41. The van der Waals surface area contributed by atoms with Crippen LogP contribution in [0, 0.1) is 11.3 Å². The van der Waals surface area contributed by atoms with Crippen LogP contribution >= 0.6 is 0 Å². The minimum Gasteiger partial charge on any atom is -0.480 e. The zero-order chi connectivity index (χ0) is 16.0. The van der Waals surface area contributed by atoms with Crippen LogP contribution in [0.4, 0.5) is 4.79 Å². The van der Waals surface area contributed by atoms with Crippen LogP contribution in [0.25, 0.3) is 0 Å². The maximum atomic E-state index is 11.9. The molecule has 2 N–H and O–H groups in total. The summed E-state index contributed by atoms with van der Waals surface area (Å²) in [5.74, 6) is -0.275. The molecule has 0 radical (unpaired) electrons. The van der Waals surface area contributed by atoms with E-state index >= 15 is 0 Å². The Morgan fingerprint density at radius 2 is 1.90 bits per heavy atom. The summed E-state index contributed by atoms with van der Waals surface area (Å²) in [6.45, 7) is 6.92. The average molecular weight is 289 g/mol. The molecule has 0 aliphatic heterocycles. The third-order valence-corrected chi connectivity index (χ3v) is 2.41. The Labute approximate surface area is 124 Å². The van der Waals surface area contributed by atoms with Gasteiger partial charge in [0, 0.05) is 5.54 Å². The highest BCUT2D eigenvalue weighted by Crippen LogP contribution is 2.18. The molecule has 0 spiro atoms. The fourth-order valence-corrected chi connectivity index (χ4v) is 1.49. The van der Waals surface area contributed by atoms with Crippen molar-refractivity contribution >= 4 is 11.9 Å². The van der Waals surface area contributed by atoms with Gasteiger partial charge < -0.3 is 10.1 Å². The molecule has 1 rings (SSSR count). The fourth-order valence-electron chi connectivity index (χ4n) is 1.49. The number of benzene rings is 1. The van der Waals surface area contributed by atoms with Gasteiger partial charge in [0.2, 0.25) is 0 Å². The van der Waals surface area contributed by atoms with E-state index in [0.717, 1.165) is 0 Å². The van der Waals surface area contributed by atoms with Crippen LogP contribution in [0.5, 0.6) is 5.75 Å². The molecular formula is C15H19N3O3. The molecule has 0 bridgehead atoms. The van der Waals surface area contributed by atoms with Crippen molar-refractivity contribution in [2.75, 3.05) is 0 Å². The van der Waals surface area contributed by atoms with Crippen molar-refractivity contribution < 1.29 is 14.3 Å². The predicted molar refractivity (Wildman–Crippen MR) is 77.7 cm³/mol. The Hall–Kier alpha value is -2.55. The highest BCUT2D eigenvalue weighted by molar-refractivity contribution is 5.96. The molecule has 0 saturated heterocycles. The third kappa shape index (κ3) is 5.53. The largest absolute Gasteiger partial charge is 0.480 e. The highest BCUT2D eigenvalue weighted by atomic mass is 16.5. The molecule has 0 fully saturated rings. The second-order valence-corrected chi connectivity index (χ2v) is 5.56. The first kappa shape index (κ1) is 16.5. The first-order valence-corrected chi connectivity index (χ1v) is 6.52. The Balaban J connectivity index is 2.63. The van der Waals surface area contributed by atoms with Gasteiger partial charge in [-0.1, -0.05) is 12.1 Å². The van der Waals surface area contributed by atoms with E-state index in [0.29, 0.717) is 11.3 Å². The number of imide groups is 1. The zero-order valence-corrected chi connectivity index (χ0v) is 12.6. The van der Waals surface area contributed by atoms with Crippen LogP contribution in [0.15, 0.2) is 24.3 Å². The lowest BCUT2D eigenvalue weighted by molar-refractivity contribution is -0.126. The Morgan fingerprint density at radius 3 is 2.48 bits per heavy atom. The maximum absolute atomic E-state index is 11.9. The lowest BCUT2D eigenvalue weighted by Crippen LogP contribution is -2.50. The first-order chi connectivity index (χ1) is 9.73. The van der Waals surface area contributed by atoms with Crippen LogP contribution in [-0.2, 0) is 4.79 Å². The van der Waals surface area contributed by atoms with E-state index < -0.39 is 23.6 Å². The number of hydrogen-bond donors (Lipinski definition) is 2.